The topological polar surface area (TPSA) is 87.7 Å². The summed E-state index contributed by atoms with van der Waals surface area (Å²) in [7, 11) is 0. The molecule has 2 aromatic rings. The lowest BCUT2D eigenvalue weighted by molar-refractivity contribution is -0.114. The number of aliphatic hydroxyl groups is 1. The van der Waals surface area contributed by atoms with E-state index < -0.39 is 23.7 Å². The molecule has 3 rings (SSSR count). The highest BCUT2D eigenvalue weighted by Crippen LogP contribution is 2.33. The number of aryl methyl sites for hydroxylation is 1. The SMILES string of the molecule is CCc1cccc(C(C)Oc2cc(C(=O)NC3CCC(O)CC3)cc(F)c2NC(C)=O)c1. The molecule has 0 aliphatic heterocycles. The Morgan fingerprint density at radius 2 is 1.91 bits per heavy atom. The molecule has 1 fully saturated rings. The fourth-order valence-electron chi connectivity index (χ4n) is 3.92. The zero-order chi connectivity index (χ0) is 23.3. The molecule has 0 aromatic heterocycles. The molecule has 1 saturated carbocycles. The lowest BCUT2D eigenvalue weighted by Gasteiger charge is -2.26. The van der Waals surface area contributed by atoms with Crippen LogP contribution in [0.15, 0.2) is 36.4 Å². The van der Waals surface area contributed by atoms with Crippen molar-refractivity contribution in [3.63, 3.8) is 0 Å². The van der Waals surface area contributed by atoms with Crippen molar-refractivity contribution in [2.45, 2.75) is 71.1 Å². The Hall–Kier alpha value is -2.93. The van der Waals surface area contributed by atoms with Crippen molar-refractivity contribution in [3.8, 4) is 5.75 Å². The van der Waals surface area contributed by atoms with Crippen LogP contribution in [-0.4, -0.2) is 29.1 Å². The number of aliphatic hydroxyl groups excluding tert-OH is 1. The highest BCUT2D eigenvalue weighted by atomic mass is 19.1. The molecule has 0 heterocycles. The third-order valence-corrected chi connectivity index (χ3v) is 5.78. The van der Waals surface area contributed by atoms with E-state index in [2.05, 4.69) is 17.6 Å². The summed E-state index contributed by atoms with van der Waals surface area (Å²) in [6.07, 6.45) is 2.73. The van der Waals surface area contributed by atoms with E-state index in [4.69, 9.17) is 4.74 Å². The number of amides is 2. The van der Waals surface area contributed by atoms with Crippen LogP contribution in [0.4, 0.5) is 10.1 Å². The van der Waals surface area contributed by atoms with E-state index in [0.29, 0.717) is 25.7 Å². The first-order valence-electron chi connectivity index (χ1n) is 11.1. The number of carbonyl (C=O) groups is 2. The van der Waals surface area contributed by atoms with Gasteiger partial charge in [0.2, 0.25) is 5.91 Å². The van der Waals surface area contributed by atoms with E-state index in [9.17, 15) is 19.1 Å². The van der Waals surface area contributed by atoms with Gasteiger partial charge in [0, 0.05) is 18.5 Å². The van der Waals surface area contributed by atoms with Gasteiger partial charge in [-0.05, 0) is 62.3 Å². The summed E-state index contributed by atoms with van der Waals surface area (Å²) >= 11 is 0. The van der Waals surface area contributed by atoms with Crippen molar-refractivity contribution in [1.29, 1.82) is 0 Å². The summed E-state index contributed by atoms with van der Waals surface area (Å²) < 4.78 is 21.0. The van der Waals surface area contributed by atoms with Crippen LogP contribution in [0.5, 0.6) is 5.75 Å². The average Bonchev–Trinajstić information content (AvgIpc) is 2.77. The molecular weight excluding hydrogens is 411 g/mol. The summed E-state index contributed by atoms with van der Waals surface area (Å²) in [5.41, 5.74) is 2.09. The quantitative estimate of drug-likeness (QED) is 0.588. The summed E-state index contributed by atoms with van der Waals surface area (Å²) in [5, 5.41) is 15.0. The van der Waals surface area contributed by atoms with E-state index in [0.717, 1.165) is 23.6 Å². The number of halogens is 1. The molecule has 172 valence electrons. The first-order valence-corrected chi connectivity index (χ1v) is 11.1. The molecule has 1 unspecified atom stereocenters. The van der Waals surface area contributed by atoms with Crippen molar-refractivity contribution >= 4 is 17.5 Å². The van der Waals surface area contributed by atoms with E-state index in [1.165, 1.54) is 13.0 Å². The molecule has 0 saturated heterocycles. The van der Waals surface area contributed by atoms with Crippen molar-refractivity contribution in [2.24, 2.45) is 0 Å². The van der Waals surface area contributed by atoms with E-state index >= 15 is 0 Å². The van der Waals surface area contributed by atoms with Crippen molar-refractivity contribution < 1.29 is 23.8 Å². The molecule has 6 nitrogen and oxygen atoms in total. The van der Waals surface area contributed by atoms with Crippen LogP contribution in [0.3, 0.4) is 0 Å². The normalized spacial score (nSPS) is 19.2. The lowest BCUT2D eigenvalue weighted by atomic mass is 9.93. The summed E-state index contributed by atoms with van der Waals surface area (Å²) in [4.78, 5) is 24.4. The highest BCUT2D eigenvalue weighted by Gasteiger charge is 2.24. The van der Waals surface area contributed by atoms with Crippen LogP contribution in [0.25, 0.3) is 0 Å². The fraction of sp³-hybridized carbons (Fsp3) is 0.440. The number of rotatable bonds is 7. The Balaban J connectivity index is 1.85. The predicted octanol–water partition coefficient (Wildman–Crippen LogP) is 4.52. The maximum Gasteiger partial charge on any atom is 0.251 e. The van der Waals surface area contributed by atoms with Crippen LogP contribution in [0.1, 0.15) is 74.0 Å². The molecule has 0 bridgehead atoms. The summed E-state index contributed by atoms with van der Waals surface area (Å²) in [6.45, 7) is 5.18. The Morgan fingerprint density at radius 1 is 1.19 bits per heavy atom. The largest absolute Gasteiger partial charge is 0.484 e. The maximum atomic E-state index is 14.9. The average molecular weight is 443 g/mol. The minimum atomic E-state index is -0.739. The number of benzene rings is 2. The first kappa shape index (κ1) is 23.7. The molecule has 2 aromatic carbocycles. The van der Waals surface area contributed by atoms with Crippen molar-refractivity contribution in [1.82, 2.24) is 5.32 Å². The van der Waals surface area contributed by atoms with Crippen LogP contribution >= 0.6 is 0 Å². The molecule has 1 aliphatic rings. The number of hydrogen-bond acceptors (Lipinski definition) is 4. The molecule has 2 amide bonds. The van der Waals surface area contributed by atoms with Gasteiger partial charge in [-0.15, -0.1) is 0 Å². The number of anilines is 1. The van der Waals surface area contributed by atoms with Gasteiger partial charge in [0.15, 0.2) is 5.82 Å². The van der Waals surface area contributed by atoms with Gasteiger partial charge in [0.1, 0.15) is 17.5 Å². The standard InChI is InChI=1S/C25H31FN2O4/c1-4-17-6-5-7-18(12-17)15(2)32-23-14-19(13-22(26)24(23)27-16(3)29)25(31)28-20-8-10-21(30)11-9-20/h5-7,12-15,20-21,30H,4,8-11H2,1-3H3,(H,27,29)(H,28,31). The maximum absolute atomic E-state index is 14.9. The number of ether oxygens (including phenoxy) is 1. The zero-order valence-electron chi connectivity index (χ0n) is 18.8. The number of hydrogen-bond donors (Lipinski definition) is 3. The molecule has 0 spiro atoms. The minimum Gasteiger partial charge on any atom is -0.484 e. The summed E-state index contributed by atoms with van der Waals surface area (Å²) in [6, 6.07) is 10.4. The van der Waals surface area contributed by atoms with E-state index in [-0.39, 0.29) is 29.1 Å². The Labute approximate surface area is 188 Å². The first-order chi connectivity index (χ1) is 15.3. The molecular formula is C25H31FN2O4. The van der Waals surface area contributed by atoms with Crippen LogP contribution in [-0.2, 0) is 11.2 Å². The van der Waals surface area contributed by atoms with Crippen LogP contribution < -0.4 is 15.4 Å². The van der Waals surface area contributed by atoms with Gasteiger partial charge in [0.05, 0.1) is 6.10 Å². The van der Waals surface area contributed by atoms with Gasteiger partial charge in [-0.2, -0.15) is 0 Å². The van der Waals surface area contributed by atoms with Gasteiger partial charge in [-0.3, -0.25) is 9.59 Å². The fourth-order valence-corrected chi connectivity index (χ4v) is 3.92. The molecule has 32 heavy (non-hydrogen) atoms. The monoisotopic (exact) mass is 442 g/mol. The second kappa shape index (κ2) is 10.6. The molecule has 3 N–H and O–H groups in total. The van der Waals surface area contributed by atoms with Crippen LogP contribution in [0.2, 0.25) is 0 Å². The Kier molecular flexibility index (Phi) is 7.85. The second-order valence-corrected chi connectivity index (χ2v) is 8.35. The van der Waals surface area contributed by atoms with E-state index in [1.807, 2.05) is 31.2 Å². The Bertz CT molecular complexity index is 970. The second-order valence-electron chi connectivity index (χ2n) is 8.35. The number of nitrogens with one attached hydrogen (secondary N) is 2. The van der Waals surface area contributed by atoms with Crippen molar-refractivity contribution in [2.75, 3.05) is 5.32 Å². The third-order valence-electron chi connectivity index (χ3n) is 5.78. The molecule has 0 radical (unpaired) electrons. The smallest absolute Gasteiger partial charge is 0.251 e. The van der Waals surface area contributed by atoms with Gasteiger partial charge >= 0.3 is 0 Å². The molecule has 7 heteroatoms. The minimum absolute atomic E-state index is 0.0657. The van der Waals surface area contributed by atoms with Crippen LogP contribution in [0, 0.1) is 5.82 Å². The van der Waals surface area contributed by atoms with Gasteiger partial charge in [-0.25, -0.2) is 4.39 Å². The molecule has 1 aliphatic carbocycles. The number of carbonyl (C=O) groups excluding carboxylic acids is 2. The third kappa shape index (κ3) is 6.07. The van der Waals surface area contributed by atoms with Gasteiger partial charge in [0.25, 0.3) is 5.91 Å². The highest BCUT2D eigenvalue weighted by molar-refractivity contribution is 5.97. The van der Waals surface area contributed by atoms with Gasteiger partial charge in [-0.1, -0.05) is 31.2 Å². The van der Waals surface area contributed by atoms with Crippen molar-refractivity contribution in [3.05, 3.63) is 58.9 Å². The lowest BCUT2D eigenvalue weighted by Crippen LogP contribution is -2.38. The molecule has 1 atom stereocenters. The predicted molar refractivity (Wildman–Crippen MR) is 121 cm³/mol. The van der Waals surface area contributed by atoms with E-state index in [1.54, 1.807) is 0 Å². The summed E-state index contributed by atoms with van der Waals surface area (Å²) in [5.74, 6) is -1.49. The zero-order valence-corrected chi connectivity index (χ0v) is 18.8. The Morgan fingerprint density at radius 3 is 2.56 bits per heavy atom. The van der Waals surface area contributed by atoms with Gasteiger partial charge < -0.3 is 20.5 Å².